The van der Waals surface area contributed by atoms with Gasteiger partial charge in [0.1, 0.15) is 29.7 Å². The van der Waals surface area contributed by atoms with E-state index in [1.807, 2.05) is 0 Å². The highest BCUT2D eigenvalue weighted by Gasteiger charge is 2.15. The normalized spacial score (nSPS) is 11.2. The van der Waals surface area contributed by atoms with Crippen LogP contribution in [0.2, 0.25) is 0 Å². The number of carbonyl (C=O) groups excluding carboxylic acids is 1. The SMILES string of the molecule is CC(=O)Nc1cc(-c2cc(F)c(COc3ccc(OS(=O)(=O)F)cc3)c(F)c2)[nH]n1. The predicted molar refractivity (Wildman–Crippen MR) is 99.7 cm³/mol. The first-order valence-corrected chi connectivity index (χ1v) is 9.60. The molecule has 1 amide bonds. The van der Waals surface area contributed by atoms with Crippen molar-refractivity contribution in [1.29, 1.82) is 0 Å². The average molecular weight is 441 g/mol. The van der Waals surface area contributed by atoms with E-state index in [0.29, 0.717) is 5.69 Å². The highest BCUT2D eigenvalue weighted by Crippen LogP contribution is 2.26. The zero-order valence-corrected chi connectivity index (χ0v) is 16.1. The largest absolute Gasteiger partial charge is 0.489 e. The van der Waals surface area contributed by atoms with Gasteiger partial charge in [-0.2, -0.15) is 13.5 Å². The first kappa shape index (κ1) is 21.2. The number of hydrogen-bond donors (Lipinski definition) is 2. The van der Waals surface area contributed by atoms with Crippen LogP contribution in [0.15, 0.2) is 42.5 Å². The average Bonchev–Trinajstić information content (AvgIpc) is 3.08. The number of benzene rings is 2. The summed E-state index contributed by atoms with van der Waals surface area (Å²) >= 11 is 0. The molecule has 0 fully saturated rings. The molecule has 0 aliphatic rings. The van der Waals surface area contributed by atoms with Crippen molar-refractivity contribution in [2.24, 2.45) is 0 Å². The van der Waals surface area contributed by atoms with E-state index in [-0.39, 0.29) is 34.4 Å². The summed E-state index contributed by atoms with van der Waals surface area (Å²) in [6.45, 7) is 0.839. The lowest BCUT2D eigenvalue weighted by molar-refractivity contribution is -0.114. The maximum atomic E-state index is 14.4. The van der Waals surface area contributed by atoms with Crippen LogP contribution in [0.4, 0.5) is 18.5 Å². The summed E-state index contributed by atoms with van der Waals surface area (Å²) in [6, 6.07) is 8.32. The molecule has 30 heavy (non-hydrogen) atoms. The Balaban J connectivity index is 1.71. The summed E-state index contributed by atoms with van der Waals surface area (Å²) in [5, 5.41) is 8.83. The van der Waals surface area contributed by atoms with Crippen molar-refractivity contribution in [3.05, 3.63) is 59.7 Å². The van der Waals surface area contributed by atoms with Crippen LogP contribution in [0.5, 0.6) is 11.5 Å². The lowest BCUT2D eigenvalue weighted by Gasteiger charge is -2.10. The van der Waals surface area contributed by atoms with E-state index < -0.39 is 28.7 Å². The number of halogens is 3. The molecule has 8 nitrogen and oxygen atoms in total. The molecule has 158 valence electrons. The minimum atomic E-state index is -5.16. The second-order valence-electron chi connectivity index (χ2n) is 6.00. The summed E-state index contributed by atoms with van der Waals surface area (Å²) in [7, 11) is -5.16. The Morgan fingerprint density at radius 2 is 1.70 bits per heavy atom. The second kappa shape index (κ2) is 8.45. The van der Waals surface area contributed by atoms with Gasteiger partial charge in [-0.3, -0.25) is 9.89 Å². The van der Waals surface area contributed by atoms with E-state index >= 15 is 0 Å². The van der Waals surface area contributed by atoms with Crippen LogP contribution in [0, 0.1) is 11.6 Å². The number of hydrogen-bond acceptors (Lipinski definition) is 6. The van der Waals surface area contributed by atoms with Gasteiger partial charge in [-0.25, -0.2) is 8.78 Å². The van der Waals surface area contributed by atoms with Gasteiger partial charge in [-0.1, -0.05) is 3.89 Å². The molecule has 0 saturated carbocycles. The number of aromatic nitrogens is 2. The van der Waals surface area contributed by atoms with E-state index in [1.54, 1.807) is 0 Å². The number of amides is 1. The van der Waals surface area contributed by atoms with Gasteiger partial charge in [0.15, 0.2) is 5.82 Å². The van der Waals surface area contributed by atoms with Gasteiger partial charge in [-0.05, 0) is 36.4 Å². The van der Waals surface area contributed by atoms with Gasteiger partial charge in [0.05, 0.1) is 11.3 Å². The summed E-state index contributed by atoms with van der Waals surface area (Å²) in [6.07, 6.45) is 0. The third-order valence-electron chi connectivity index (χ3n) is 3.74. The molecule has 3 aromatic rings. The first-order valence-electron chi connectivity index (χ1n) is 8.29. The third-order valence-corrected chi connectivity index (χ3v) is 4.13. The lowest BCUT2D eigenvalue weighted by Crippen LogP contribution is -2.05. The molecule has 2 N–H and O–H groups in total. The van der Waals surface area contributed by atoms with Crippen molar-refractivity contribution in [3.63, 3.8) is 0 Å². The Bertz CT molecular complexity index is 1160. The fourth-order valence-electron chi connectivity index (χ4n) is 2.47. The monoisotopic (exact) mass is 441 g/mol. The molecule has 1 heterocycles. The molecule has 0 bridgehead atoms. The standard InChI is InChI=1S/C18H14F3N3O5S/c1-10(25)22-18-8-17(23-24-18)11-6-15(19)14(16(20)7-11)9-28-12-2-4-13(5-3-12)29-30(21,26)27/h2-8H,9H2,1H3,(H2,22,23,24,25). The number of ether oxygens (including phenoxy) is 1. The molecule has 2 aromatic carbocycles. The fraction of sp³-hybridized carbons (Fsp3) is 0.111. The van der Waals surface area contributed by atoms with E-state index in [2.05, 4.69) is 19.7 Å². The van der Waals surface area contributed by atoms with Crippen LogP contribution >= 0.6 is 0 Å². The van der Waals surface area contributed by atoms with E-state index in [0.717, 1.165) is 24.3 Å². The van der Waals surface area contributed by atoms with E-state index in [4.69, 9.17) is 4.74 Å². The molecule has 0 unspecified atom stereocenters. The second-order valence-corrected chi connectivity index (χ2v) is 6.96. The molecule has 0 aliphatic carbocycles. The molecule has 12 heteroatoms. The molecule has 0 aliphatic heterocycles. The Labute approximate surface area is 169 Å². The van der Waals surface area contributed by atoms with Crippen molar-refractivity contribution in [3.8, 4) is 22.8 Å². The molecule has 1 aromatic heterocycles. The minimum Gasteiger partial charge on any atom is -0.489 e. The lowest BCUT2D eigenvalue weighted by atomic mass is 10.1. The van der Waals surface area contributed by atoms with Crippen molar-refractivity contribution in [1.82, 2.24) is 10.2 Å². The predicted octanol–water partition coefficient (Wildman–Crippen LogP) is 3.49. The van der Waals surface area contributed by atoms with Crippen molar-refractivity contribution >= 4 is 22.2 Å². The molecule has 0 atom stereocenters. The minimum absolute atomic E-state index is 0.148. The van der Waals surface area contributed by atoms with Crippen LogP contribution in [0.25, 0.3) is 11.3 Å². The Morgan fingerprint density at radius 3 is 2.27 bits per heavy atom. The smallest absolute Gasteiger partial charge is 0.488 e. The summed E-state index contributed by atoms with van der Waals surface area (Å²) in [5.41, 5.74) is 0.126. The molecular formula is C18H14F3N3O5S. The van der Waals surface area contributed by atoms with Crippen LogP contribution in [-0.4, -0.2) is 24.5 Å². The number of anilines is 1. The van der Waals surface area contributed by atoms with Gasteiger partial charge in [0.25, 0.3) is 0 Å². The van der Waals surface area contributed by atoms with Gasteiger partial charge in [0.2, 0.25) is 5.91 Å². The summed E-state index contributed by atoms with van der Waals surface area (Å²) in [4.78, 5) is 11.0. The fourth-order valence-corrected chi connectivity index (χ4v) is 2.81. The van der Waals surface area contributed by atoms with Gasteiger partial charge in [0, 0.05) is 18.6 Å². The quantitative estimate of drug-likeness (QED) is 0.543. The van der Waals surface area contributed by atoms with Crippen LogP contribution in [0.1, 0.15) is 12.5 Å². The van der Waals surface area contributed by atoms with E-state index in [1.165, 1.54) is 25.1 Å². The van der Waals surface area contributed by atoms with E-state index in [9.17, 15) is 25.9 Å². The van der Waals surface area contributed by atoms with Crippen LogP contribution in [-0.2, 0) is 21.9 Å². The Morgan fingerprint density at radius 1 is 1.10 bits per heavy atom. The highest BCUT2D eigenvalue weighted by atomic mass is 32.3. The summed E-state index contributed by atoms with van der Waals surface area (Å²) < 4.78 is 71.4. The number of aromatic amines is 1. The molecule has 3 rings (SSSR count). The topological polar surface area (TPSA) is 110 Å². The van der Waals surface area contributed by atoms with Gasteiger partial charge >= 0.3 is 10.5 Å². The number of nitrogens with zero attached hydrogens (tertiary/aromatic N) is 1. The third kappa shape index (κ3) is 5.50. The zero-order chi connectivity index (χ0) is 21.9. The van der Waals surface area contributed by atoms with Crippen LogP contribution < -0.4 is 14.2 Å². The maximum absolute atomic E-state index is 14.4. The molecule has 0 radical (unpaired) electrons. The van der Waals surface area contributed by atoms with Gasteiger partial charge < -0.3 is 14.2 Å². The Hall–Kier alpha value is -3.54. The summed E-state index contributed by atoms with van der Waals surface area (Å²) in [5.74, 6) is -2.02. The number of nitrogens with one attached hydrogen (secondary N) is 2. The number of rotatable bonds is 7. The first-order chi connectivity index (χ1) is 14.1. The molecule has 0 saturated heterocycles. The molecule has 0 spiro atoms. The number of H-pyrrole nitrogens is 1. The van der Waals surface area contributed by atoms with Crippen molar-refractivity contribution in [2.75, 3.05) is 5.32 Å². The molecular weight excluding hydrogens is 427 g/mol. The Kier molecular flexibility index (Phi) is 5.96. The van der Waals surface area contributed by atoms with Crippen LogP contribution in [0.3, 0.4) is 0 Å². The highest BCUT2D eigenvalue weighted by molar-refractivity contribution is 7.81. The zero-order valence-electron chi connectivity index (χ0n) is 15.3. The van der Waals surface area contributed by atoms with Crippen molar-refractivity contribution in [2.45, 2.75) is 13.5 Å². The number of carbonyl (C=O) groups is 1. The van der Waals surface area contributed by atoms with Crippen molar-refractivity contribution < 1.29 is 34.8 Å². The maximum Gasteiger partial charge on any atom is 0.488 e. The van der Waals surface area contributed by atoms with Gasteiger partial charge in [-0.15, -0.1) is 0 Å².